The lowest BCUT2D eigenvalue weighted by atomic mass is 9.65. The van der Waals surface area contributed by atoms with Crippen LogP contribution in [0.25, 0.3) is 0 Å². The standard InChI is InChI=1S/C22H39NO9/c1-9-21(5,19(30)32-14-23(7,8)10-16(25)26)13-22(6,17(27)28)12-20(3,4)18(29)31-11-15(2)24/h15,24H,9-14H2,1-8H3,(H-,25,26,27,28)/p+1. The number of carbonyl (C=O) groups is 4. The molecule has 3 unspecified atom stereocenters. The molecule has 0 aliphatic rings. The maximum atomic E-state index is 12.9. The molecular weight excluding hydrogens is 422 g/mol. The van der Waals surface area contributed by atoms with Crippen molar-refractivity contribution in [1.82, 2.24) is 0 Å². The van der Waals surface area contributed by atoms with E-state index in [2.05, 4.69) is 0 Å². The van der Waals surface area contributed by atoms with Crippen LogP contribution in [-0.2, 0) is 28.7 Å². The van der Waals surface area contributed by atoms with Crippen LogP contribution >= 0.6 is 0 Å². The van der Waals surface area contributed by atoms with Crippen molar-refractivity contribution in [3.63, 3.8) is 0 Å². The van der Waals surface area contributed by atoms with Crippen LogP contribution in [0.2, 0.25) is 0 Å². The number of aliphatic carboxylic acids is 2. The molecule has 10 heteroatoms. The number of likely N-dealkylation sites (N-methyl/N-ethyl adjacent to an activating group) is 1. The van der Waals surface area contributed by atoms with Crippen LogP contribution in [0.3, 0.4) is 0 Å². The number of hydrogen-bond acceptors (Lipinski definition) is 7. The van der Waals surface area contributed by atoms with Crippen molar-refractivity contribution in [3.05, 3.63) is 0 Å². The fourth-order valence-electron chi connectivity index (χ4n) is 3.68. The Morgan fingerprint density at radius 3 is 1.84 bits per heavy atom. The van der Waals surface area contributed by atoms with Crippen molar-refractivity contribution < 1.29 is 48.5 Å². The van der Waals surface area contributed by atoms with Gasteiger partial charge in [-0.25, -0.2) is 4.79 Å². The summed E-state index contributed by atoms with van der Waals surface area (Å²) in [5, 5.41) is 28.3. The number of esters is 2. The molecule has 0 amide bonds. The van der Waals surface area contributed by atoms with Gasteiger partial charge in [0.25, 0.3) is 0 Å². The zero-order chi connectivity index (χ0) is 25.5. The number of nitrogens with zero attached hydrogens (tertiary/aromatic N) is 1. The second kappa shape index (κ2) is 11.1. The highest BCUT2D eigenvalue weighted by molar-refractivity contribution is 5.81. The van der Waals surface area contributed by atoms with E-state index in [1.807, 2.05) is 0 Å². The Balaban J connectivity index is 5.58. The first-order chi connectivity index (χ1) is 14.3. The third kappa shape index (κ3) is 9.12. The average Bonchev–Trinajstić information content (AvgIpc) is 2.62. The van der Waals surface area contributed by atoms with E-state index in [0.717, 1.165) is 0 Å². The monoisotopic (exact) mass is 462 g/mol. The third-order valence-corrected chi connectivity index (χ3v) is 5.52. The maximum absolute atomic E-state index is 12.9. The van der Waals surface area contributed by atoms with E-state index in [-0.39, 0.29) is 43.6 Å². The van der Waals surface area contributed by atoms with Gasteiger partial charge >= 0.3 is 23.9 Å². The molecule has 0 aromatic carbocycles. The number of carboxylic acids is 2. The summed E-state index contributed by atoms with van der Waals surface area (Å²) in [6.07, 6.45) is -0.752. The third-order valence-electron chi connectivity index (χ3n) is 5.52. The molecule has 0 aromatic rings. The van der Waals surface area contributed by atoms with Gasteiger partial charge in [0.1, 0.15) is 6.61 Å². The van der Waals surface area contributed by atoms with Crippen molar-refractivity contribution in [2.75, 3.05) is 34.0 Å². The van der Waals surface area contributed by atoms with Crippen LogP contribution in [0.15, 0.2) is 0 Å². The second-order valence-corrected chi connectivity index (χ2v) is 10.5. The van der Waals surface area contributed by atoms with Crippen LogP contribution in [0.1, 0.15) is 60.8 Å². The van der Waals surface area contributed by atoms with E-state index in [9.17, 15) is 29.4 Å². The van der Waals surface area contributed by atoms with E-state index >= 15 is 0 Å². The highest BCUT2D eigenvalue weighted by atomic mass is 16.6. The number of aliphatic hydroxyl groups is 1. The Morgan fingerprint density at radius 2 is 1.44 bits per heavy atom. The summed E-state index contributed by atoms with van der Waals surface area (Å²) in [6.45, 7) is 8.79. The van der Waals surface area contributed by atoms with Gasteiger partial charge in [0.05, 0.1) is 36.4 Å². The van der Waals surface area contributed by atoms with Crippen LogP contribution in [0, 0.1) is 16.2 Å². The van der Waals surface area contributed by atoms with Crippen molar-refractivity contribution in [2.24, 2.45) is 16.2 Å². The Morgan fingerprint density at radius 1 is 0.906 bits per heavy atom. The van der Waals surface area contributed by atoms with Crippen LogP contribution in [-0.4, -0.2) is 83.8 Å². The summed E-state index contributed by atoms with van der Waals surface area (Å²) in [5.74, 6) is -3.46. The quantitative estimate of drug-likeness (QED) is 0.200. The Hall–Kier alpha value is -2.20. The van der Waals surface area contributed by atoms with Gasteiger partial charge in [-0.15, -0.1) is 0 Å². The molecule has 3 N–H and O–H groups in total. The molecule has 10 nitrogen and oxygen atoms in total. The fraction of sp³-hybridized carbons (Fsp3) is 0.818. The molecule has 3 atom stereocenters. The molecule has 0 radical (unpaired) electrons. The molecule has 0 rings (SSSR count). The number of quaternary nitrogens is 1. The number of carboxylic acid groups (broad SMARTS) is 2. The highest BCUT2D eigenvalue weighted by Gasteiger charge is 2.49. The zero-order valence-corrected chi connectivity index (χ0v) is 20.6. The molecule has 0 aliphatic carbocycles. The Labute approximate surface area is 190 Å². The van der Waals surface area contributed by atoms with Crippen molar-refractivity contribution in [1.29, 1.82) is 0 Å². The van der Waals surface area contributed by atoms with Crippen molar-refractivity contribution >= 4 is 23.9 Å². The van der Waals surface area contributed by atoms with E-state index in [1.54, 1.807) is 41.8 Å². The van der Waals surface area contributed by atoms with Gasteiger partial charge in [0.2, 0.25) is 6.73 Å². The Bertz CT molecular complexity index is 702. The maximum Gasteiger partial charge on any atom is 0.359 e. The van der Waals surface area contributed by atoms with Gasteiger partial charge < -0.3 is 24.8 Å². The topological polar surface area (TPSA) is 147 Å². The van der Waals surface area contributed by atoms with Gasteiger partial charge in [-0.2, -0.15) is 0 Å². The lowest BCUT2D eigenvalue weighted by Gasteiger charge is -2.39. The molecule has 0 bridgehead atoms. The smallest absolute Gasteiger partial charge is 0.359 e. The molecular formula is C22H40NO9+. The number of rotatable bonds is 14. The minimum absolute atomic E-state index is 0.0841. The molecule has 0 saturated carbocycles. The summed E-state index contributed by atoms with van der Waals surface area (Å²) in [7, 11) is 3.21. The molecule has 186 valence electrons. The van der Waals surface area contributed by atoms with Gasteiger partial charge in [-0.05, 0) is 53.9 Å². The van der Waals surface area contributed by atoms with Crippen LogP contribution < -0.4 is 0 Å². The summed E-state index contributed by atoms with van der Waals surface area (Å²) < 4.78 is 10.4. The molecule has 0 fully saturated rings. The predicted octanol–water partition coefficient (Wildman–Crippen LogP) is 1.89. The lowest BCUT2D eigenvalue weighted by molar-refractivity contribution is -0.900. The van der Waals surface area contributed by atoms with Crippen molar-refractivity contribution in [3.8, 4) is 0 Å². The van der Waals surface area contributed by atoms with E-state index in [4.69, 9.17) is 14.6 Å². The summed E-state index contributed by atoms with van der Waals surface area (Å²) in [4.78, 5) is 48.6. The number of ether oxygens (including phenoxy) is 2. The van der Waals surface area contributed by atoms with E-state index in [0.29, 0.717) is 0 Å². The zero-order valence-electron chi connectivity index (χ0n) is 20.6. The minimum atomic E-state index is -1.46. The van der Waals surface area contributed by atoms with E-state index in [1.165, 1.54) is 13.8 Å². The Kier molecular flexibility index (Phi) is 10.3. The van der Waals surface area contributed by atoms with Crippen LogP contribution in [0.4, 0.5) is 0 Å². The van der Waals surface area contributed by atoms with Gasteiger partial charge in [-0.1, -0.05) is 6.92 Å². The molecule has 0 aliphatic heterocycles. The number of aliphatic hydroxyl groups excluding tert-OH is 1. The summed E-state index contributed by atoms with van der Waals surface area (Å²) in [5.41, 5.74) is -3.81. The molecule has 0 saturated heterocycles. The molecule has 0 heterocycles. The van der Waals surface area contributed by atoms with E-state index < -0.39 is 46.2 Å². The van der Waals surface area contributed by atoms with Gasteiger partial charge in [0.15, 0.2) is 6.54 Å². The number of hydrogen-bond donors (Lipinski definition) is 3. The number of carbonyl (C=O) groups excluding carboxylic acids is 2. The first-order valence-electron chi connectivity index (χ1n) is 10.6. The first-order valence-corrected chi connectivity index (χ1v) is 10.6. The van der Waals surface area contributed by atoms with Crippen molar-refractivity contribution in [2.45, 2.75) is 66.9 Å². The highest BCUT2D eigenvalue weighted by Crippen LogP contribution is 2.45. The van der Waals surface area contributed by atoms with Gasteiger partial charge in [0, 0.05) is 0 Å². The summed E-state index contributed by atoms with van der Waals surface area (Å²) >= 11 is 0. The molecule has 32 heavy (non-hydrogen) atoms. The minimum Gasteiger partial charge on any atom is -0.481 e. The SMILES string of the molecule is CCC(C)(CC(C)(CC(C)(C)C(=O)OCC(C)O)C(=O)O)C(=O)OC[N+](C)(C)CC(=O)O. The second-order valence-electron chi connectivity index (χ2n) is 10.5. The lowest BCUT2D eigenvalue weighted by Crippen LogP contribution is -2.48. The first kappa shape index (κ1) is 29.8. The summed E-state index contributed by atoms with van der Waals surface area (Å²) in [6, 6.07) is 0. The normalized spacial score (nSPS) is 16.9. The fourth-order valence-corrected chi connectivity index (χ4v) is 3.68. The van der Waals surface area contributed by atoms with Crippen LogP contribution in [0.5, 0.6) is 0 Å². The average molecular weight is 463 g/mol. The largest absolute Gasteiger partial charge is 0.481 e. The molecule has 0 aromatic heterocycles. The van der Waals surface area contributed by atoms with Gasteiger partial charge in [-0.3, -0.25) is 18.9 Å². The predicted molar refractivity (Wildman–Crippen MR) is 115 cm³/mol. The molecule has 0 spiro atoms.